The summed E-state index contributed by atoms with van der Waals surface area (Å²) in [6.45, 7) is -0.147. The van der Waals surface area contributed by atoms with Gasteiger partial charge in [0, 0.05) is 79.9 Å². The molecule has 13 nitrogen and oxygen atoms in total. The van der Waals surface area contributed by atoms with Gasteiger partial charge < -0.3 is 33.8 Å². The van der Waals surface area contributed by atoms with Gasteiger partial charge in [-0.1, -0.05) is 101 Å². The Kier molecular flexibility index (Phi) is 15.7. The number of azide groups is 2. The lowest BCUT2D eigenvalue weighted by atomic mass is 9.92. The molecule has 0 saturated carbocycles. The zero-order valence-corrected chi connectivity index (χ0v) is 39.7. The summed E-state index contributed by atoms with van der Waals surface area (Å²) in [5.41, 5.74) is 26.5. The molecule has 4 atom stereocenters. The molecule has 13 heteroatoms. The van der Waals surface area contributed by atoms with Crippen molar-refractivity contribution in [2.75, 3.05) is 35.3 Å². The van der Waals surface area contributed by atoms with Gasteiger partial charge in [-0.2, -0.15) is 0 Å². The first-order chi connectivity index (χ1) is 34.6. The summed E-state index contributed by atoms with van der Waals surface area (Å²) < 4.78 is 17.4. The van der Waals surface area contributed by atoms with Crippen LogP contribution in [-0.4, -0.2) is 49.6 Å². The van der Waals surface area contributed by atoms with Gasteiger partial charge in [-0.3, -0.25) is 0 Å². The maximum Gasteiger partial charge on any atom is 0.167 e. The van der Waals surface area contributed by atoms with E-state index in [0.29, 0.717) is 11.5 Å². The molecule has 0 spiro atoms. The standard InChI is InChI=1S/C57H60N10O3/c1-68-55-23-11-20-52(38-55)65(43-14-5-2-6-15-43)49-32-26-46(27-33-49)64(47-28-34-50(35-29-47)66(44-16-7-3-8-17-44)53-21-12-24-56(39-53)69-41-60-62-58)48-30-36-51(37-31-48)67(45-18-9-4-10-19-45)54-22-13-25-57(40-54)70-42-61-63-59/h2-3,5-9,12-14,16-18,20-22,24-29,32,34-36,38-40,43,45,48-49H,4,10-11,15,19,23,30-31,33,37,41-42H2,1H3. The number of benzene rings is 4. The van der Waals surface area contributed by atoms with E-state index in [1.165, 1.54) is 17.1 Å². The molecular weight excluding hydrogens is 873 g/mol. The molecule has 0 radical (unpaired) electrons. The Morgan fingerprint density at radius 3 is 1.97 bits per heavy atom. The van der Waals surface area contributed by atoms with Crippen LogP contribution in [0, 0.1) is 0 Å². The first kappa shape index (κ1) is 47.1. The highest BCUT2D eigenvalue weighted by atomic mass is 16.5. The first-order valence-electron chi connectivity index (χ1n) is 24.4. The zero-order chi connectivity index (χ0) is 47.9. The summed E-state index contributed by atoms with van der Waals surface area (Å²) in [4.78, 5) is 15.6. The highest BCUT2D eigenvalue weighted by molar-refractivity contribution is 5.78. The Balaban J connectivity index is 1.05. The van der Waals surface area contributed by atoms with E-state index in [-0.39, 0.29) is 37.6 Å². The van der Waals surface area contributed by atoms with Gasteiger partial charge in [0.15, 0.2) is 13.5 Å². The van der Waals surface area contributed by atoms with Crippen LogP contribution in [0.4, 0.5) is 28.4 Å². The minimum atomic E-state index is -0.0900. The third kappa shape index (κ3) is 11.3. The molecule has 0 bridgehead atoms. The van der Waals surface area contributed by atoms with Crippen LogP contribution in [0.1, 0.15) is 64.2 Å². The van der Waals surface area contributed by atoms with E-state index in [0.717, 1.165) is 98.4 Å². The Morgan fingerprint density at radius 1 is 0.600 bits per heavy atom. The van der Waals surface area contributed by atoms with Crippen LogP contribution in [0.25, 0.3) is 20.9 Å². The van der Waals surface area contributed by atoms with Crippen molar-refractivity contribution in [3.63, 3.8) is 0 Å². The fourth-order valence-electron chi connectivity index (χ4n) is 10.3. The van der Waals surface area contributed by atoms with E-state index in [1.807, 2.05) is 48.5 Å². The maximum absolute atomic E-state index is 8.86. The number of ether oxygens (including phenoxy) is 3. The summed E-state index contributed by atoms with van der Waals surface area (Å²) >= 11 is 0. The van der Waals surface area contributed by atoms with E-state index in [2.05, 4.69) is 167 Å². The second-order valence-corrected chi connectivity index (χ2v) is 17.8. The monoisotopic (exact) mass is 932 g/mol. The number of hydrogen-bond donors (Lipinski definition) is 0. The van der Waals surface area contributed by atoms with Gasteiger partial charge in [-0.05, 0) is 142 Å². The summed E-state index contributed by atoms with van der Waals surface area (Å²) in [7, 11) is 1.78. The van der Waals surface area contributed by atoms with Crippen molar-refractivity contribution in [1.29, 1.82) is 0 Å². The molecule has 0 N–H and O–H groups in total. The molecule has 0 amide bonds. The maximum atomic E-state index is 8.86. The van der Waals surface area contributed by atoms with Crippen LogP contribution in [0.3, 0.4) is 0 Å². The van der Waals surface area contributed by atoms with E-state index < -0.39 is 0 Å². The summed E-state index contributed by atoms with van der Waals surface area (Å²) in [5, 5.41) is 7.17. The first-order valence-corrected chi connectivity index (χ1v) is 24.4. The summed E-state index contributed by atoms with van der Waals surface area (Å²) in [6.07, 6.45) is 37.5. The second kappa shape index (κ2) is 23.4. The third-order valence-electron chi connectivity index (χ3n) is 13.5. The van der Waals surface area contributed by atoms with Gasteiger partial charge in [0.25, 0.3) is 0 Å². The predicted molar refractivity (Wildman–Crippen MR) is 281 cm³/mol. The number of para-hydroxylation sites is 1. The van der Waals surface area contributed by atoms with Crippen molar-refractivity contribution in [2.45, 2.75) is 88.4 Å². The molecule has 356 valence electrons. The minimum absolute atomic E-state index is 0.0568. The van der Waals surface area contributed by atoms with E-state index in [9.17, 15) is 0 Å². The van der Waals surface area contributed by atoms with Crippen LogP contribution < -0.4 is 24.2 Å². The van der Waals surface area contributed by atoms with Crippen LogP contribution >= 0.6 is 0 Å². The van der Waals surface area contributed by atoms with Gasteiger partial charge in [-0.25, -0.2) is 0 Å². The molecule has 4 aromatic carbocycles. The minimum Gasteiger partial charge on any atom is -0.501 e. The topological polar surface area (TPSA) is 138 Å². The summed E-state index contributed by atoms with van der Waals surface area (Å²) in [5.74, 6) is 2.31. The molecule has 0 heterocycles. The normalized spacial score (nSPS) is 20.3. The van der Waals surface area contributed by atoms with E-state index in [1.54, 1.807) is 7.11 Å². The number of rotatable bonds is 19. The number of anilines is 5. The molecule has 4 aromatic rings. The molecule has 0 aromatic heterocycles. The molecule has 0 aliphatic heterocycles. The van der Waals surface area contributed by atoms with Crippen molar-refractivity contribution >= 4 is 28.4 Å². The van der Waals surface area contributed by atoms with Crippen LogP contribution in [0.15, 0.2) is 209 Å². The fraction of sp³-hybridized carbons (Fsp3) is 0.298. The Hall–Kier alpha value is -7.98. The van der Waals surface area contributed by atoms with E-state index >= 15 is 0 Å². The predicted octanol–water partition coefficient (Wildman–Crippen LogP) is 14.9. The zero-order valence-electron chi connectivity index (χ0n) is 39.7. The third-order valence-corrected chi connectivity index (χ3v) is 13.5. The largest absolute Gasteiger partial charge is 0.501 e. The fourth-order valence-corrected chi connectivity index (χ4v) is 10.3. The SMILES string of the molecule is COC1=CC(N(C2C=CC=CC2)C2C=CC(N(c3ccc(N(c4ccccc4)c4cccc(OCN=[N+]=[N-])c4)cc3)C3CC=C(N(c4cccc(OCN=[N+]=[N-])c4)C4C=CCCC4)CC3)=CC2)=CCC1. The van der Waals surface area contributed by atoms with Gasteiger partial charge in [0.2, 0.25) is 0 Å². The quantitative estimate of drug-likeness (QED) is 0.0395. The Bertz CT molecular complexity index is 2800. The highest BCUT2D eigenvalue weighted by Crippen LogP contribution is 2.41. The van der Waals surface area contributed by atoms with Crippen molar-refractivity contribution in [2.24, 2.45) is 10.2 Å². The lowest BCUT2D eigenvalue weighted by molar-refractivity contribution is 0.238. The lowest BCUT2D eigenvalue weighted by Gasteiger charge is -2.43. The van der Waals surface area contributed by atoms with Crippen LogP contribution in [0.2, 0.25) is 0 Å². The smallest absolute Gasteiger partial charge is 0.167 e. The molecule has 5 aliphatic carbocycles. The lowest BCUT2D eigenvalue weighted by Crippen LogP contribution is -2.43. The van der Waals surface area contributed by atoms with Crippen molar-refractivity contribution in [3.05, 3.63) is 220 Å². The number of allylic oxidation sites excluding steroid dienone is 8. The van der Waals surface area contributed by atoms with Crippen LogP contribution in [-0.2, 0) is 4.74 Å². The average Bonchev–Trinajstić information content (AvgIpc) is 3.42. The van der Waals surface area contributed by atoms with Gasteiger partial charge in [0.05, 0.1) is 31.0 Å². The van der Waals surface area contributed by atoms with Crippen molar-refractivity contribution in [1.82, 2.24) is 4.90 Å². The molecule has 0 fully saturated rings. The average molecular weight is 933 g/mol. The van der Waals surface area contributed by atoms with Crippen molar-refractivity contribution in [3.8, 4) is 11.5 Å². The van der Waals surface area contributed by atoms with Gasteiger partial charge in [-0.15, -0.1) is 0 Å². The number of hydrogen-bond acceptors (Lipinski definition) is 9. The highest BCUT2D eigenvalue weighted by Gasteiger charge is 2.32. The number of nitrogens with zero attached hydrogens (tertiary/aromatic N) is 10. The van der Waals surface area contributed by atoms with Crippen molar-refractivity contribution < 1.29 is 14.2 Å². The van der Waals surface area contributed by atoms with E-state index in [4.69, 9.17) is 25.3 Å². The molecule has 5 aliphatic rings. The molecular formula is C57H60N10O3. The molecule has 4 unspecified atom stereocenters. The summed E-state index contributed by atoms with van der Waals surface area (Å²) in [6, 6.07) is 36.1. The molecule has 70 heavy (non-hydrogen) atoms. The van der Waals surface area contributed by atoms with Gasteiger partial charge >= 0.3 is 0 Å². The Labute approximate surface area is 411 Å². The molecule has 0 saturated heterocycles. The Morgan fingerprint density at radius 2 is 1.31 bits per heavy atom. The molecule has 9 rings (SSSR count). The number of methoxy groups -OCH3 is 1. The van der Waals surface area contributed by atoms with Crippen LogP contribution in [0.5, 0.6) is 11.5 Å². The second-order valence-electron chi connectivity index (χ2n) is 17.8. The van der Waals surface area contributed by atoms with Gasteiger partial charge in [0.1, 0.15) is 11.5 Å².